The molecule has 0 unspecified atom stereocenters. The van der Waals surface area contributed by atoms with E-state index in [2.05, 4.69) is 0 Å². The molecule has 64 valence electrons. The molecule has 0 spiro atoms. The fourth-order valence-electron chi connectivity index (χ4n) is 0. The zero-order valence-corrected chi connectivity index (χ0v) is 19.9. The van der Waals surface area contributed by atoms with Crippen LogP contribution in [-0.2, 0) is 10.4 Å². The van der Waals surface area contributed by atoms with E-state index >= 15 is 0 Å². The average molecular weight is 320 g/mol. The fourth-order valence-corrected chi connectivity index (χ4v) is 0. The smallest absolute Gasteiger partial charge is 1.00 e. The van der Waals surface area contributed by atoms with E-state index in [1.807, 2.05) is 0 Å². The summed E-state index contributed by atoms with van der Waals surface area (Å²) in [5.41, 5.74) is 0. The summed E-state index contributed by atoms with van der Waals surface area (Å²) in [6.07, 6.45) is 0. The van der Waals surface area contributed by atoms with Gasteiger partial charge in [0.15, 0.2) is 0 Å². The van der Waals surface area contributed by atoms with Gasteiger partial charge in [-0.25, -0.2) is 0 Å². The number of halogens is 2. The minimum atomic E-state index is -4.67. The van der Waals surface area contributed by atoms with Crippen molar-refractivity contribution in [3.8, 4) is 0 Å². The van der Waals surface area contributed by atoms with Crippen LogP contribution in [0.15, 0.2) is 0 Å². The van der Waals surface area contributed by atoms with Crippen LogP contribution in [0.4, 0.5) is 0 Å². The van der Waals surface area contributed by atoms with Crippen molar-refractivity contribution in [1.29, 1.82) is 0 Å². The van der Waals surface area contributed by atoms with Gasteiger partial charge < -0.3 is 11.4 Å². The van der Waals surface area contributed by atoms with Crippen molar-refractivity contribution in [2.75, 3.05) is 0 Å². The summed E-state index contributed by atoms with van der Waals surface area (Å²) < 4.78 is 31.6. The maximum absolute atomic E-state index is 8.74. The minimum absolute atomic E-state index is 0. The summed E-state index contributed by atoms with van der Waals surface area (Å²) in [7, 11) is -4.67. The van der Waals surface area contributed by atoms with E-state index in [0.29, 0.717) is 0 Å². The molecule has 0 aliphatic carbocycles. The zero-order valence-electron chi connectivity index (χ0n) is 16.3. The molecule has 0 heterocycles. The van der Waals surface area contributed by atoms with Crippen molar-refractivity contribution < 1.29 is 169 Å². The quantitative estimate of drug-likeness (QED) is 0.343. The van der Waals surface area contributed by atoms with E-state index in [4.69, 9.17) is 17.5 Å². The van der Waals surface area contributed by atoms with Crippen molar-refractivity contribution in [2.24, 2.45) is 0 Å². The van der Waals surface area contributed by atoms with Crippen LogP contribution < -0.4 is 140 Å². The Morgan fingerprint density at radius 3 is 0.846 bits per heavy atom. The number of hydrogen-bond acceptors (Lipinski definition) is 2. The molecule has 0 bridgehead atoms. The van der Waals surface area contributed by atoms with E-state index in [-0.39, 0.29) is 223 Å². The van der Waals surface area contributed by atoms with Crippen LogP contribution in [0.5, 0.6) is 0 Å². The number of hydrogen-bond donors (Lipinski definition) is 2. The molecule has 13 heavy (non-hydrogen) atoms. The Morgan fingerprint density at radius 1 is 0.846 bits per heavy atom. The zero-order chi connectivity index (χ0) is 4.50. The molecule has 0 aromatic heterocycles. The molecule has 4 nitrogen and oxygen atoms in total. The van der Waals surface area contributed by atoms with E-state index in [0.717, 1.165) is 0 Å². The second kappa shape index (κ2) is 36.2. The second-order valence-electron chi connectivity index (χ2n) is 0.448. The van der Waals surface area contributed by atoms with Gasteiger partial charge in [0, 0.05) is 0 Å². The van der Waals surface area contributed by atoms with Crippen molar-refractivity contribution >= 4 is 81.3 Å². The molecular weight excluding hydrogens is 308 g/mol. The molecule has 0 aliphatic heterocycles. The molecule has 0 radical (unpaired) electrons. The third kappa shape index (κ3) is 120. The molecule has 0 saturated carbocycles. The van der Waals surface area contributed by atoms with Gasteiger partial charge in [0.1, 0.15) is 0 Å². The normalized spacial score (nSPS) is 4.46. The third-order valence-corrected chi connectivity index (χ3v) is 0. The molecule has 13 heteroatoms. The summed E-state index contributed by atoms with van der Waals surface area (Å²) in [6, 6.07) is 0. The van der Waals surface area contributed by atoms with Gasteiger partial charge in [0.25, 0.3) is 0 Å². The Balaban J connectivity index is -0.000000000667. The van der Waals surface area contributed by atoms with Gasteiger partial charge in [-0.05, 0) is 0 Å². The van der Waals surface area contributed by atoms with E-state index in [1.54, 1.807) is 0 Å². The SMILES string of the molecule is Cl.Cl.O=S(=O)(O)O.[H-].[H-].[H-].[H-].[H-].[H-].[H-].[H-].[K+].[K+].[Li+].[Li+].[Mg+2].[Mg+2]. The molecule has 2 N–H and O–H groups in total. The van der Waals surface area contributed by atoms with Gasteiger partial charge >= 0.3 is 197 Å². The minimum Gasteiger partial charge on any atom is -1.00 e. The summed E-state index contributed by atoms with van der Waals surface area (Å²) in [5.74, 6) is 0. The van der Waals surface area contributed by atoms with Crippen LogP contribution in [0.1, 0.15) is 11.4 Å². The third-order valence-electron chi connectivity index (χ3n) is 0. The molecule has 0 rings (SSSR count). The molecule has 0 aromatic carbocycles. The first-order valence-corrected chi connectivity index (χ1v) is 2.10. The maximum atomic E-state index is 8.74. The first-order valence-electron chi connectivity index (χ1n) is 0.698. The van der Waals surface area contributed by atoms with Gasteiger partial charge in [0.05, 0.1) is 0 Å². The van der Waals surface area contributed by atoms with Crippen molar-refractivity contribution in [2.45, 2.75) is 0 Å². The topological polar surface area (TPSA) is 74.6 Å². The molecule has 0 aromatic rings. The van der Waals surface area contributed by atoms with Gasteiger partial charge in [-0.3, -0.25) is 9.11 Å². The van der Waals surface area contributed by atoms with Crippen LogP contribution in [0.2, 0.25) is 0 Å². The van der Waals surface area contributed by atoms with Crippen molar-refractivity contribution in [3.63, 3.8) is 0 Å². The van der Waals surface area contributed by atoms with E-state index in [1.165, 1.54) is 0 Å². The van der Waals surface area contributed by atoms with Crippen LogP contribution >= 0.6 is 24.8 Å². The van der Waals surface area contributed by atoms with Gasteiger partial charge in [-0.15, -0.1) is 24.8 Å². The van der Waals surface area contributed by atoms with Gasteiger partial charge in [0.2, 0.25) is 0 Å². The number of rotatable bonds is 0. The predicted octanol–water partition coefficient (Wildman–Crippen LogP) is -11.7. The van der Waals surface area contributed by atoms with Crippen LogP contribution in [-0.4, -0.2) is 63.6 Å². The standard InChI is InChI=1S/2ClH.2K.2Li.2Mg.H2O4S.8H/c;;;;;;;;1-5(2,3)4;;;;;;;;/h2*1H;;;;;;;(H2,1,2,3,4);;;;;;;;/q;;4*+1;2*+2;;8*-1. The first kappa shape index (κ1) is 60.6. The van der Waals surface area contributed by atoms with E-state index < -0.39 is 10.4 Å². The van der Waals surface area contributed by atoms with E-state index in [9.17, 15) is 0 Å². The summed E-state index contributed by atoms with van der Waals surface area (Å²) in [4.78, 5) is 0. The van der Waals surface area contributed by atoms with Gasteiger partial charge in [-0.1, -0.05) is 0 Å². The first-order chi connectivity index (χ1) is 2.00. The van der Waals surface area contributed by atoms with Crippen molar-refractivity contribution in [3.05, 3.63) is 0 Å². The van der Waals surface area contributed by atoms with Crippen LogP contribution in [0.3, 0.4) is 0 Å². The summed E-state index contributed by atoms with van der Waals surface area (Å²) in [5, 5.41) is 0. The van der Waals surface area contributed by atoms with Crippen molar-refractivity contribution in [1.82, 2.24) is 0 Å². The fraction of sp³-hybridized carbons (Fsp3) is 0. The molecule has 0 aliphatic rings. The summed E-state index contributed by atoms with van der Waals surface area (Å²) in [6.45, 7) is 0. The Kier molecular flexibility index (Phi) is 169. The Morgan fingerprint density at radius 2 is 0.846 bits per heavy atom. The largest absolute Gasteiger partial charge is 2.00 e. The maximum Gasteiger partial charge on any atom is 2.00 e. The van der Waals surface area contributed by atoms with Crippen LogP contribution in [0, 0.1) is 0 Å². The Bertz CT molecular complexity index is 135. The average Bonchev–Trinajstić information content (AvgIpc) is 0.722. The molecule has 0 amide bonds. The molecule has 0 saturated heterocycles. The Hall–Kier alpha value is 6.45. The second-order valence-corrected chi connectivity index (χ2v) is 1.34. The molecule has 0 fully saturated rings. The molecule has 0 atom stereocenters. The Labute approximate surface area is 244 Å². The molecular formula is H12Cl2K2Li2Mg2O4S. The monoisotopic (exact) mass is 318 g/mol. The summed E-state index contributed by atoms with van der Waals surface area (Å²) >= 11 is 0. The predicted molar refractivity (Wildman–Crippen MR) is 49.1 cm³/mol. The van der Waals surface area contributed by atoms with Crippen LogP contribution in [0.25, 0.3) is 0 Å². The van der Waals surface area contributed by atoms with Gasteiger partial charge in [-0.2, -0.15) is 8.42 Å².